The molecule has 1 aliphatic rings. The summed E-state index contributed by atoms with van der Waals surface area (Å²) in [7, 11) is 1.64. The number of amides is 2. The molecule has 0 spiro atoms. The first-order valence-electron chi connectivity index (χ1n) is 12.5. The lowest BCUT2D eigenvalue weighted by atomic mass is 10.0. The molecule has 38 heavy (non-hydrogen) atoms. The topological polar surface area (TPSA) is 76.5 Å². The molecule has 1 N–H and O–H groups in total. The van der Waals surface area contributed by atoms with Crippen molar-refractivity contribution in [1.29, 1.82) is 0 Å². The number of hydrogen-bond donors (Lipinski definition) is 1. The molecule has 0 fully saturated rings. The Morgan fingerprint density at radius 1 is 1.13 bits per heavy atom. The molecule has 2 aromatic heterocycles. The van der Waals surface area contributed by atoms with E-state index >= 15 is 0 Å². The molecule has 0 unspecified atom stereocenters. The Hall–Kier alpha value is -3.40. The SMILES string of the molecule is COCCCNC(=O)CN1C(=O)CS[C@H](c2ccsc2)c2c(-c3ccccc3)nn(-c3ccccc3C)c21. The van der Waals surface area contributed by atoms with Crippen LogP contribution in [0.2, 0.25) is 0 Å². The summed E-state index contributed by atoms with van der Waals surface area (Å²) >= 11 is 3.22. The maximum Gasteiger partial charge on any atom is 0.240 e. The maximum absolute atomic E-state index is 13.7. The number of carbonyl (C=O) groups is 2. The number of methoxy groups -OCH3 is 1. The number of anilines is 1. The van der Waals surface area contributed by atoms with Gasteiger partial charge in [-0.25, -0.2) is 4.68 Å². The van der Waals surface area contributed by atoms with Crippen LogP contribution in [0, 0.1) is 6.92 Å². The largest absolute Gasteiger partial charge is 0.385 e. The Morgan fingerprint density at radius 3 is 2.66 bits per heavy atom. The molecule has 5 rings (SSSR count). The predicted octanol–water partition coefficient (Wildman–Crippen LogP) is 5.23. The maximum atomic E-state index is 13.7. The average molecular weight is 547 g/mol. The highest BCUT2D eigenvalue weighted by Gasteiger charge is 2.38. The van der Waals surface area contributed by atoms with E-state index in [1.807, 2.05) is 66.2 Å². The molecular formula is C29H30N4O3S2. The van der Waals surface area contributed by atoms with Crippen molar-refractivity contribution in [2.75, 3.05) is 37.5 Å². The third kappa shape index (κ3) is 5.41. The summed E-state index contributed by atoms with van der Waals surface area (Å²) in [5.74, 6) is 0.582. The van der Waals surface area contributed by atoms with E-state index in [9.17, 15) is 9.59 Å². The van der Waals surface area contributed by atoms with Crippen LogP contribution < -0.4 is 10.2 Å². The van der Waals surface area contributed by atoms with Crippen molar-refractivity contribution in [2.45, 2.75) is 18.6 Å². The van der Waals surface area contributed by atoms with Crippen LogP contribution in [-0.2, 0) is 14.3 Å². The van der Waals surface area contributed by atoms with Gasteiger partial charge in [0.2, 0.25) is 11.8 Å². The summed E-state index contributed by atoms with van der Waals surface area (Å²) in [5.41, 5.74) is 5.75. The van der Waals surface area contributed by atoms with Crippen molar-refractivity contribution in [3.8, 4) is 16.9 Å². The number of rotatable bonds is 9. The molecule has 9 heteroatoms. The first-order chi connectivity index (χ1) is 18.6. The lowest BCUT2D eigenvalue weighted by Gasteiger charge is -2.23. The van der Waals surface area contributed by atoms with Crippen LogP contribution >= 0.6 is 23.1 Å². The number of para-hydroxylation sites is 1. The number of thioether (sulfide) groups is 1. The summed E-state index contributed by atoms with van der Waals surface area (Å²) in [6.07, 6.45) is 0.705. The van der Waals surface area contributed by atoms with Gasteiger partial charge in [0, 0.05) is 31.4 Å². The highest BCUT2D eigenvalue weighted by molar-refractivity contribution is 8.00. The van der Waals surface area contributed by atoms with Crippen LogP contribution in [0.4, 0.5) is 5.82 Å². The molecule has 0 aliphatic carbocycles. The van der Waals surface area contributed by atoms with Crippen molar-refractivity contribution in [1.82, 2.24) is 15.1 Å². The minimum Gasteiger partial charge on any atom is -0.385 e. The molecule has 3 heterocycles. The van der Waals surface area contributed by atoms with Crippen LogP contribution in [0.3, 0.4) is 0 Å². The first kappa shape index (κ1) is 26.2. The Kier molecular flexibility index (Phi) is 8.26. The smallest absolute Gasteiger partial charge is 0.240 e. The zero-order valence-electron chi connectivity index (χ0n) is 21.4. The van der Waals surface area contributed by atoms with Gasteiger partial charge in [-0.05, 0) is 47.4 Å². The third-order valence-corrected chi connectivity index (χ3v) is 8.43. The Labute approximate surface area is 230 Å². The Bertz CT molecular complexity index is 1400. The number of ether oxygens (including phenoxy) is 1. The van der Waals surface area contributed by atoms with Gasteiger partial charge in [0.05, 0.1) is 22.4 Å². The average Bonchev–Trinajstić information content (AvgIpc) is 3.57. The lowest BCUT2D eigenvalue weighted by molar-refractivity contribution is -0.122. The molecule has 0 saturated carbocycles. The van der Waals surface area contributed by atoms with Crippen LogP contribution in [-0.4, -0.2) is 54.2 Å². The van der Waals surface area contributed by atoms with Gasteiger partial charge in [0.1, 0.15) is 12.4 Å². The van der Waals surface area contributed by atoms with Crippen LogP contribution in [0.15, 0.2) is 71.4 Å². The number of carbonyl (C=O) groups excluding carboxylic acids is 2. The molecule has 196 valence electrons. The molecule has 0 bridgehead atoms. The molecule has 2 aromatic carbocycles. The van der Waals surface area contributed by atoms with Gasteiger partial charge in [0.25, 0.3) is 0 Å². The van der Waals surface area contributed by atoms with E-state index in [4.69, 9.17) is 9.84 Å². The fourth-order valence-corrected chi connectivity index (χ4v) is 6.59. The van der Waals surface area contributed by atoms with E-state index in [1.54, 1.807) is 35.1 Å². The second kappa shape index (κ2) is 12.0. The second-order valence-electron chi connectivity index (χ2n) is 9.07. The second-order valence-corrected chi connectivity index (χ2v) is 10.9. The predicted molar refractivity (Wildman–Crippen MR) is 154 cm³/mol. The minimum atomic E-state index is -0.210. The third-order valence-electron chi connectivity index (χ3n) is 6.47. The van der Waals surface area contributed by atoms with Gasteiger partial charge in [-0.3, -0.25) is 14.5 Å². The van der Waals surface area contributed by atoms with Gasteiger partial charge in [-0.1, -0.05) is 48.5 Å². The highest BCUT2D eigenvalue weighted by atomic mass is 32.2. The van der Waals surface area contributed by atoms with Crippen molar-refractivity contribution < 1.29 is 14.3 Å². The van der Waals surface area contributed by atoms with Gasteiger partial charge in [0.15, 0.2) is 0 Å². The molecular weight excluding hydrogens is 516 g/mol. The fraction of sp³-hybridized carbons (Fsp3) is 0.276. The van der Waals surface area contributed by atoms with E-state index < -0.39 is 0 Å². The lowest BCUT2D eigenvalue weighted by Crippen LogP contribution is -2.42. The van der Waals surface area contributed by atoms with E-state index in [2.05, 4.69) is 22.1 Å². The number of thiophene rings is 1. The monoisotopic (exact) mass is 546 g/mol. The zero-order chi connectivity index (χ0) is 26.5. The number of aromatic nitrogens is 2. The summed E-state index contributed by atoms with van der Waals surface area (Å²) in [5, 5.41) is 12.2. The fourth-order valence-electron chi connectivity index (χ4n) is 4.63. The summed E-state index contributed by atoms with van der Waals surface area (Å²) in [6, 6.07) is 20.1. The van der Waals surface area contributed by atoms with Gasteiger partial charge >= 0.3 is 0 Å². The van der Waals surface area contributed by atoms with Crippen LogP contribution in [0.5, 0.6) is 0 Å². The number of nitrogens with zero attached hydrogens (tertiary/aromatic N) is 3. The van der Waals surface area contributed by atoms with Crippen molar-refractivity contribution in [2.24, 2.45) is 0 Å². The molecule has 1 atom stereocenters. The highest BCUT2D eigenvalue weighted by Crippen LogP contribution is 2.49. The molecule has 1 aliphatic heterocycles. The summed E-state index contributed by atoms with van der Waals surface area (Å²) in [6.45, 7) is 3.00. The number of fused-ring (bicyclic) bond motifs is 1. The Morgan fingerprint density at radius 2 is 1.92 bits per heavy atom. The van der Waals surface area contributed by atoms with E-state index in [-0.39, 0.29) is 29.4 Å². The van der Waals surface area contributed by atoms with Crippen LogP contribution in [0.1, 0.15) is 28.4 Å². The first-order valence-corrected chi connectivity index (χ1v) is 14.5. The number of aryl methyl sites for hydroxylation is 1. The molecule has 7 nitrogen and oxygen atoms in total. The molecule has 2 amide bonds. The Balaban J connectivity index is 1.70. The van der Waals surface area contributed by atoms with Gasteiger partial charge in [-0.15, -0.1) is 11.8 Å². The van der Waals surface area contributed by atoms with Crippen molar-refractivity contribution >= 4 is 40.7 Å². The van der Waals surface area contributed by atoms with Crippen LogP contribution in [0.25, 0.3) is 16.9 Å². The number of benzene rings is 2. The summed E-state index contributed by atoms with van der Waals surface area (Å²) in [4.78, 5) is 28.4. The normalized spacial score (nSPS) is 15.3. The molecule has 0 radical (unpaired) electrons. The van der Waals surface area contributed by atoms with E-state index in [1.165, 1.54) is 0 Å². The van der Waals surface area contributed by atoms with E-state index in [0.29, 0.717) is 25.4 Å². The quantitative estimate of drug-likeness (QED) is 0.291. The molecule has 4 aromatic rings. The summed E-state index contributed by atoms with van der Waals surface area (Å²) < 4.78 is 6.95. The molecule has 0 saturated heterocycles. The van der Waals surface area contributed by atoms with Crippen molar-refractivity contribution in [3.63, 3.8) is 0 Å². The van der Waals surface area contributed by atoms with Gasteiger partial charge in [-0.2, -0.15) is 16.4 Å². The van der Waals surface area contributed by atoms with Crippen molar-refractivity contribution in [3.05, 3.63) is 88.1 Å². The number of nitrogens with one attached hydrogen (secondary N) is 1. The zero-order valence-corrected chi connectivity index (χ0v) is 23.1. The standard InChI is InChI=1S/C29H30N4O3S2/c1-20-9-6-7-12-23(20)33-29-26(27(31-33)21-10-4-3-5-11-21)28(22-13-16-37-18-22)38-19-25(35)32(29)17-24(34)30-14-8-15-36-2/h3-7,9-13,16,18,28H,8,14-15,17,19H2,1-2H3,(H,30,34)/t28-/m1/s1. The minimum absolute atomic E-state index is 0.0818. The number of hydrogen-bond acceptors (Lipinski definition) is 6. The van der Waals surface area contributed by atoms with E-state index in [0.717, 1.165) is 33.6 Å². The van der Waals surface area contributed by atoms with Gasteiger partial charge < -0.3 is 10.1 Å².